The van der Waals surface area contributed by atoms with Crippen LogP contribution in [0.2, 0.25) is 0 Å². The highest BCUT2D eigenvalue weighted by Gasteiger charge is 2.52. The first kappa shape index (κ1) is 27.8. The van der Waals surface area contributed by atoms with Crippen molar-refractivity contribution in [3.05, 3.63) is 36.3 Å². The van der Waals surface area contributed by atoms with E-state index < -0.39 is 28.9 Å². The van der Waals surface area contributed by atoms with Gasteiger partial charge in [0.25, 0.3) is 0 Å². The van der Waals surface area contributed by atoms with Crippen LogP contribution in [0.5, 0.6) is 0 Å². The fraction of sp³-hybridized carbons (Fsp3) is 0.586. The van der Waals surface area contributed by atoms with Gasteiger partial charge in [-0.2, -0.15) is 0 Å². The summed E-state index contributed by atoms with van der Waals surface area (Å²) in [5.41, 5.74) is 7.14. The van der Waals surface area contributed by atoms with E-state index in [1.54, 1.807) is 26.8 Å². The normalized spacial score (nSPS) is 23.6. The average Bonchev–Trinajstić information content (AvgIpc) is 3.55. The number of nitrogens with two attached hydrogens (primary N) is 1. The molecule has 11 nitrogen and oxygen atoms in total. The van der Waals surface area contributed by atoms with Crippen molar-refractivity contribution in [3.63, 3.8) is 0 Å². The Labute approximate surface area is 233 Å². The predicted molar refractivity (Wildman–Crippen MR) is 149 cm³/mol. The van der Waals surface area contributed by atoms with Gasteiger partial charge in [-0.3, -0.25) is 0 Å². The van der Waals surface area contributed by atoms with Gasteiger partial charge < -0.3 is 29.0 Å². The van der Waals surface area contributed by atoms with Crippen LogP contribution in [0.4, 0.5) is 21.2 Å². The number of amides is 1. The van der Waals surface area contributed by atoms with Crippen molar-refractivity contribution in [2.45, 2.75) is 90.4 Å². The molecular weight excluding hydrogens is 514 g/mol. The van der Waals surface area contributed by atoms with Gasteiger partial charge >= 0.3 is 12.2 Å². The SMILES string of the molecule is CC(C)(C)OC(=O)OCC(C)(C)c1cc(N2CC3(CCC[C@](C)(Cn4cnc5ccc(N)cc54)C3)OC2=O)on1. The van der Waals surface area contributed by atoms with Crippen molar-refractivity contribution in [3.8, 4) is 0 Å². The van der Waals surface area contributed by atoms with Crippen LogP contribution in [-0.4, -0.2) is 51.3 Å². The number of carbonyl (C=O) groups is 2. The third kappa shape index (κ3) is 5.73. The molecule has 1 saturated heterocycles. The molecule has 40 heavy (non-hydrogen) atoms. The summed E-state index contributed by atoms with van der Waals surface area (Å²) in [7, 11) is 0. The Bertz CT molecular complexity index is 1420. The molecule has 11 heteroatoms. The topological polar surface area (TPSA) is 135 Å². The number of nitrogens with zero attached hydrogens (tertiary/aromatic N) is 4. The van der Waals surface area contributed by atoms with E-state index in [0.29, 0.717) is 30.2 Å². The smallest absolute Gasteiger partial charge is 0.441 e. The van der Waals surface area contributed by atoms with Gasteiger partial charge in [-0.05, 0) is 70.1 Å². The van der Waals surface area contributed by atoms with Crippen LogP contribution in [-0.2, 0) is 26.2 Å². The lowest BCUT2D eigenvalue weighted by molar-refractivity contribution is -0.0265. The van der Waals surface area contributed by atoms with Crippen molar-refractivity contribution in [2.24, 2.45) is 5.41 Å². The highest BCUT2D eigenvalue weighted by atomic mass is 16.7. The molecule has 0 bridgehead atoms. The molecule has 1 amide bonds. The van der Waals surface area contributed by atoms with E-state index in [-0.39, 0.29) is 12.0 Å². The summed E-state index contributed by atoms with van der Waals surface area (Å²) in [6.07, 6.45) is 4.08. The van der Waals surface area contributed by atoms with Crippen molar-refractivity contribution in [1.82, 2.24) is 14.7 Å². The van der Waals surface area contributed by atoms with Gasteiger partial charge in [0.15, 0.2) is 0 Å². The van der Waals surface area contributed by atoms with Gasteiger partial charge in [-0.15, -0.1) is 0 Å². The van der Waals surface area contributed by atoms with Gasteiger partial charge in [0, 0.05) is 23.7 Å². The molecule has 1 spiro atoms. The minimum atomic E-state index is -0.748. The Morgan fingerprint density at radius 1 is 1.18 bits per heavy atom. The number of anilines is 2. The maximum atomic E-state index is 13.1. The van der Waals surface area contributed by atoms with E-state index in [9.17, 15) is 9.59 Å². The fourth-order valence-electron chi connectivity index (χ4n) is 5.86. The first-order valence-electron chi connectivity index (χ1n) is 13.7. The van der Waals surface area contributed by atoms with Crippen LogP contribution in [0.25, 0.3) is 11.0 Å². The van der Waals surface area contributed by atoms with E-state index >= 15 is 0 Å². The molecule has 5 rings (SSSR count). The first-order valence-corrected chi connectivity index (χ1v) is 13.7. The first-order chi connectivity index (χ1) is 18.7. The van der Waals surface area contributed by atoms with Gasteiger partial charge in [0.2, 0.25) is 5.88 Å². The molecule has 1 saturated carbocycles. The molecule has 2 aromatic heterocycles. The number of ether oxygens (including phenoxy) is 3. The Kier molecular flexibility index (Phi) is 6.74. The van der Waals surface area contributed by atoms with Gasteiger partial charge in [0.1, 0.15) is 17.8 Å². The maximum absolute atomic E-state index is 13.1. The van der Waals surface area contributed by atoms with E-state index in [2.05, 4.69) is 21.6 Å². The van der Waals surface area contributed by atoms with Crippen LogP contribution in [0.1, 0.15) is 72.9 Å². The number of imidazole rings is 1. The van der Waals surface area contributed by atoms with E-state index in [1.807, 2.05) is 38.4 Å². The highest BCUT2D eigenvalue weighted by Crippen LogP contribution is 2.48. The zero-order valence-electron chi connectivity index (χ0n) is 24.2. The van der Waals surface area contributed by atoms with Crippen LogP contribution < -0.4 is 10.6 Å². The zero-order chi connectivity index (χ0) is 28.9. The Hall–Kier alpha value is -3.76. The minimum Gasteiger partial charge on any atom is -0.441 e. The molecule has 3 heterocycles. The number of aromatic nitrogens is 3. The van der Waals surface area contributed by atoms with E-state index in [1.165, 1.54) is 4.90 Å². The molecule has 2 atom stereocenters. The standard InChI is InChI=1S/C29H39N5O6/c1-26(2,3)39-25(36)37-17-27(4,5)22-13-23(40-32-22)34-16-29(38-24(34)35)11-7-10-28(6,14-29)15-33-18-31-20-9-8-19(30)12-21(20)33/h8-9,12-13,18H,7,10-11,14-17,30H2,1-6H3/t28-,29?/m0/s1. The molecule has 216 valence electrons. The molecule has 2 aliphatic rings. The van der Waals surface area contributed by atoms with Crippen molar-refractivity contribution < 1.29 is 28.3 Å². The summed E-state index contributed by atoms with van der Waals surface area (Å²) in [6.45, 7) is 12.5. The lowest BCUT2D eigenvalue weighted by atomic mass is 9.68. The lowest BCUT2D eigenvalue weighted by Crippen LogP contribution is -2.45. The summed E-state index contributed by atoms with van der Waals surface area (Å²) >= 11 is 0. The van der Waals surface area contributed by atoms with Crippen molar-refractivity contribution >= 4 is 34.9 Å². The second-order valence-electron chi connectivity index (χ2n) is 13.3. The number of hydrogen-bond donors (Lipinski definition) is 1. The second kappa shape index (κ2) is 9.71. The van der Waals surface area contributed by atoms with E-state index in [4.69, 9.17) is 24.5 Å². The molecule has 3 aromatic rings. The lowest BCUT2D eigenvalue weighted by Gasteiger charge is -2.43. The van der Waals surface area contributed by atoms with Crippen molar-refractivity contribution in [2.75, 3.05) is 23.8 Å². The molecule has 1 aliphatic heterocycles. The number of carbonyl (C=O) groups excluding carboxylic acids is 2. The van der Waals surface area contributed by atoms with Crippen LogP contribution in [0.3, 0.4) is 0 Å². The molecule has 2 N–H and O–H groups in total. The van der Waals surface area contributed by atoms with Gasteiger partial charge in [-0.25, -0.2) is 19.5 Å². The van der Waals surface area contributed by atoms with Crippen molar-refractivity contribution in [1.29, 1.82) is 0 Å². The molecule has 2 fully saturated rings. The molecular formula is C29H39N5O6. The third-order valence-electron chi connectivity index (χ3n) is 7.73. The molecule has 0 radical (unpaired) electrons. The summed E-state index contributed by atoms with van der Waals surface area (Å²) in [5.74, 6) is 0.311. The predicted octanol–water partition coefficient (Wildman–Crippen LogP) is 5.81. The number of hydrogen-bond acceptors (Lipinski definition) is 9. The average molecular weight is 554 g/mol. The molecule has 1 unspecified atom stereocenters. The third-order valence-corrected chi connectivity index (χ3v) is 7.73. The quantitative estimate of drug-likeness (QED) is 0.296. The summed E-state index contributed by atoms with van der Waals surface area (Å²) in [5, 5.41) is 4.19. The molecule has 1 aromatic carbocycles. The summed E-state index contributed by atoms with van der Waals surface area (Å²) in [6, 6.07) is 7.44. The zero-order valence-corrected chi connectivity index (χ0v) is 24.2. The maximum Gasteiger partial charge on any atom is 0.508 e. The number of benzene rings is 1. The molecule has 1 aliphatic carbocycles. The summed E-state index contributed by atoms with van der Waals surface area (Å²) < 4.78 is 24.4. The minimum absolute atomic E-state index is 0.0369. The highest BCUT2D eigenvalue weighted by molar-refractivity contribution is 5.88. The fourth-order valence-corrected chi connectivity index (χ4v) is 5.86. The van der Waals surface area contributed by atoms with Crippen LogP contribution >= 0.6 is 0 Å². The Balaban J connectivity index is 1.27. The number of nitrogen functional groups attached to an aromatic ring is 1. The monoisotopic (exact) mass is 553 g/mol. The second-order valence-corrected chi connectivity index (χ2v) is 13.3. The summed E-state index contributed by atoms with van der Waals surface area (Å²) in [4.78, 5) is 31.2. The largest absolute Gasteiger partial charge is 0.508 e. The Morgan fingerprint density at radius 2 is 1.95 bits per heavy atom. The van der Waals surface area contributed by atoms with Gasteiger partial charge in [-0.1, -0.05) is 25.9 Å². The van der Waals surface area contributed by atoms with E-state index in [0.717, 1.165) is 36.8 Å². The number of rotatable bonds is 6. The Morgan fingerprint density at radius 3 is 2.70 bits per heavy atom. The van der Waals surface area contributed by atoms with Gasteiger partial charge in [0.05, 0.1) is 29.6 Å². The van der Waals surface area contributed by atoms with Crippen LogP contribution in [0.15, 0.2) is 35.1 Å². The van der Waals surface area contributed by atoms with Crippen LogP contribution in [0, 0.1) is 5.41 Å². The number of fused-ring (bicyclic) bond motifs is 1.